The molecule has 5 atom stereocenters. The number of aliphatic carboxylic acids is 1. The predicted molar refractivity (Wildman–Crippen MR) is 109 cm³/mol. The van der Waals surface area contributed by atoms with Crippen LogP contribution in [0.2, 0.25) is 0 Å². The van der Waals surface area contributed by atoms with Gasteiger partial charge in [-0.15, -0.1) is 0 Å². The molecule has 1 rings (SSSR count). The molecule has 4 N–H and O–H groups in total. The third-order valence-electron chi connectivity index (χ3n) is 4.51. The first-order valence-corrected chi connectivity index (χ1v) is 9.98. The highest BCUT2D eigenvalue weighted by Crippen LogP contribution is 2.25. The molecule has 1 aliphatic heterocycles. The first-order chi connectivity index (χ1) is 13.4. The van der Waals surface area contributed by atoms with Gasteiger partial charge in [0.25, 0.3) is 0 Å². The summed E-state index contributed by atoms with van der Waals surface area (Å²) in [6, 6.07) is 0. The van der Waals surface area contributed by atoms with E-state index in [1.165, 1.54) is 6.08 Å². The molecule has 28 heavy (non-hydrogen) atoms. The molecule has 1 saturated heterocycles. The third-order valence-corrected chi connectivity index (χ3v) is 4.51. The van der Waals surface area contributed by atoms with Crippen molar-refractivity contribution in [2.75, 3.05) is 0 Å². The molecule has 6 nitrogen and oxygen atoms in total. The van der Waals surface area contributed by atoms with Crippen LogP contribution in [-0.2, 0) is 9.53 Å². The van der Waals surface area contributed by atoms with E-state index in [0.717, 1.165) is 12.8 Å². The number of rotatable bonds is 13. The molecule has 0 amide bonds. The van der Waals surface area contributed by atoms with E-state index in [9.17, 15) is 20.1 Å². The molecule has 0 aromatic rings. The summed E-state index contributed by atoms with van der Waals surface area (Å²) in [6.07, 6.45) is 15.9. The summed E-state index contributed by atoms with van der Waals surface area (Å²) in [5.74, 6) is -0.785. The van der Waals surface area contributed by atoms with E-state index >= 15 is 0 Å². The van der Waals surface area contributed by atoms with Crippen LogP contribution in [0.5, 0.6) is 0 Å². The van der Waals surface area contributed by atoms with Crippen LogP contribution >= 0.6 is 0 Å². The maximum absolute atomic E-state index is 10.3. The molecule has 0 spiro atoms. The summed E-state index contributed by atoms with van der Waals surface area (Å²) in [5, 5.41) is 38.4. The largest absolute Gasteiger partial charge is 0.481 e. The number of aliphatic hydroxyl groups is 3. The number of hydrogen-bond acceptors (Lipinski definition) is 5. The fourth-order valence-corrected chi connectivity index (χ4v) is 2.90. The highest BCUT2D eigenvalue weighted by Gasteiger charge is 2.35. The summed E-state index contributed by atoms with van der Waals surface area (Å²) >= 11 is 0. The van der Waals surface area contributed by atoms with Gasteiger partial charge in [-0.25, -0.2) is 0 Å². The lowest BCUT2D eigenvalue weighted by Crippen LogP contribution is -2.24. The van der Waals surface area contributed by atoms with Crippen molar-refractivity contribution in [3.05, 3.63) is 48.6 Å². The third kappa shape index (κ3) is 10.6. The van der Waals surface area contributed by atoms with Gasteiger partial charge in [-0.3, -0.25) is 4.79 Å². The Labute approximate surface area is 167 Å². The van der Waals surface area contributed by atoms with Gasteiger partial charge in [0.15, 0.2) is 0 Å². The Balaban J connectivity index is 2.16. The Morgan fingerprint density at radius 1 is 1.07 bits per heavy atom. The molecule has 6 heteroatoms. The summed E-state index contributed by atoms with van der Waals surface area (Å²) in [4.78, 5) is 10.3. The molecule has 0 aromatic carbocycles. The molecular weight excluding hydrogens is 360 g/mol. The zero-order valence-electron chi connectivity index (χ0n) is 16.6. The maximum atomic E-state index is 10.3. The van der Waals surface area contributed by atoms with Gasteiger partial charge in [0.2, 0.25) is 0 Å². The van der Waals surface area contributed by atoms with Gasteiger partial charge in [0.05, 0.1) is 30.5 Å². The minimum Gasteiger partial charge on any atom is -0.481 e. The second-order valence-electron chi connectivity index (χ2n) is 6.92. The molecule has 0 aromatic heterocycles. The monoisotopic (exact) mass is 394 g/mol. The molecule has 0 unspecified atom stereocenters. The number of allylic oxidation sites excluding steroid dienone is 5. The number of carboxylic acids is 1. The van der Waals surface area contributed by atoms with Crippen molar-refractivity contribution in [1.82, 2.24) is 0 Å². The smallest absolute Gasteiger partial charge is 0.303 e. The van der Waals surface area contributed by atoms with Crippen molar-refractivity contribution in [2.45, 2.75) is 82.4 Å². The van der Waals surface area contributed by atoms with Crippen LogP contribution in [0.25, 0.3) is 0 Å². The first kappa shape index (κ1) is 24.3. The van der Waals surface area contributed by atoms with E-state index in [-0.39, 0.29) is 12.5 Å². The van der Waals surface area contributed by atoms with Crippen molar-refractivity contribution in [3.8, 4) is 0 Å². The van der Waals surface area contributed by atoms with E-state index in [0.29, 0.717) is 25.7 Å². The standard InChI is InChI=1S/C22H34O6/c1-2-20-19(25)16-21(28-20)18(24)15-14-17(23)12-10-8-6-4-3-5-7-9-11-13-22(26)27/h3-4,7-10,14-15,17-21,23-25H,2,5-6,11-13,16H2,1H3,(H,26,27)/b4-3-,9-7-,10-8-,15-14+/t17-,18+,19+,20-,21+/m0/s1. The Hall–Kier alpha value is -1.73. The quantitative estimate of drug-likeness (QED) is 0.358. The number of aliphatic hydroxyl groups excluding tert-OH is 3. The lowest BCUT2D eigenvalue weighted by atomic mass is 10.1. The van der Waals surface area contributed by atoms with Gasteiger partial charge in [-0.2, -0.15) is 0 Å². The maximum Gasteiger partial charge on any atom is 0.303 e. The van der Waals surface area contributed by atoms with Crippen molar-refractivity contribution >= 4 is 5.97 Å². The van der Waals surface area contributed by atoms with Crippen molar-refractivity contribution in [2.24, 2.45) is 0 Å². The predicted octanol–water partition coefficient (Wildman–Crippen LogP) is 2.90. The average Bonchev–Trinajstić information content (AvgIpc) is 3.04. The van der Waals surface area contributed by atoms with Crippen LogP contribution in [-0.4, -0.2) is 56.9 Å². The molecule has 1 fully saturated rings. The molecule has 0 bridgehead atoms. The van der Waals surface area contributed by atoms with Crippen molar-refractivity contribution in [3.63, 3.8) is 0 Å². The minimum atomic E-state index is -0.837. The van der Waals surface area contributed by atoms with Crippen LogP contribution in [0.15, 0.2) is 48.6 Å². The molecule has 158 valence electrons. The zero-order chi connectivity index (χ0) is 20.8. The topological polar surface area (TPSA) is 107 Å². The summed E-state index contributed by atoms with van der Waals surface area (Å²) in [6.45, 7) is 1.93. The normalized spacial score (nSPS) is 25.5. The Morgan fingerprint density at radius 2 is 1.71 bits per heavy atom. The van der Waals surface area contributed by atoms with Gasteiger partial charge in [-0.05, 0) is 32.1 Å². The lowest BCUT2D eigenvalue weighted by Gasteiger charge is -2.16. The van der Waals surface area contributed by atoms with Crippen LogP contribution < -0.4 is 0 Å². The summed E-state index contributed by atoms with van der Waals surface area (Å²) in [7, 11) is 0. The minimum absolute atomic E-state index is 0.158. The number of hydrogen-bond donors (Lipinski definition) is 4. The summed E-state index contributed by atoms with van der Waals surface area (Å²) < 4.78 is 5.61. The number of carbonyl (C=O) groups is 1. The van der Waals surface area contributed by atoms with Crippen LogP contribution in [0.3, 0.4) is 0 Å². The molecule has 1 heterocycles. The zero-order valence-corrected chi connectivity index (χ0v) is 16.6. The highest BCUT2D eigenvalue weighted by molar-refractivity contribution is 5.66. The second-order valence-corrected chi connectivity index (χ2v) is 6.92. The molecule has 1 aliphatic rings. The second kappa shape index (κ2) is 14.3. The average molecular weight is 395 g/mol. The lowest BCUT2D eigenvalue weighted by molar-refractivity contribution is -0.136. The first-order valence-electron chi connectivity index (χ1n) is 9.98. The SMILES string of the molecule is CC[C@@H]1O[C@@H]([C@H](O)/C=C/[C@@H](O)C/C=C\C/C=C\C/C=C\CCC(=O)O)C[C@H]1O. The van der Waals surface area contributed by atoms with E-state index in [1.54, 1.807) is 6.08 Å². The molecular formula is C22H34O6. The van der Waals surface area contributed by atoms with E-state index in [2.05, 4.69) is 0 Å². The van der Waals surface area contributed by atoms with Crippen molar-refractivity contribution < 1.29 is 30.0 Å². The van der Waals surface area contributed by atoms with E-state index in [4.69, 9.17) is 9.84 Å². The number of carboxylic acid groups (broad SMARTS) is 1. The van der Waals surface area contributed by atoms with Gasteiger partial charge >= 0.3 is 5.97 Å². The molecule has 0 radical (unpaired) electrons. The Bertz CT molecular complexity index is 551. The van der Waals surface area contributed by atoms with Gasteiger partial charge < -0.3 is 25.2 Å². The van der Waals surface area contributed by atoms with Crippen molar-refractivity contribution in [1.29, 1.82) is 0 Å². The van der Waals surface area contributed by atoms with E-state index < -0.39 is 30.4 Å². The highest BCUT2D eigenvalue weighted by atomic mass is 16.5. The van der Waals surface area contributed by atoms with E-state index in [1.807, 2.05) is 43.4 Å². The van der Waals surface area contributed by atoms with Crippen LogP contribution in [0.1, 0.15) is 51.9 Å². The molecule has 0 aliphatic carbocycles. The van der Waals surface area contributed by atoms with Gasteiger partial charge in [0.1, 0.15) is 0 Å². The van der Waals surface area contributed by atoms with Crippen LogP contribution in [0.4, 0.5) is 0 Å². The fraction of sp³-hybridized carbons (Fsp3) is 0.591. The fourth-order valence-electron chi connectivity index (χ4n) is 2.90. The Morgan fingerprint density at radius 3 is 2.32 bits per heavy atom. The Kier molecular flexibility index (Phi) is 12.4. The number of ether oxygens (including phenoxy) is 1. The molecule has 0 saturated carbocycles. The summed E-state index contributed by atoms with van der Waals surface area (Å²) in [5.41, 5.74) is 0. The van der Waals surface area contributed by atoms with Gasteiger partial charge in [0, 0.05) is 12.8 Å². The van der Waals surface area contributed by atoms with Gasteiger partial charge in [-0.1, -0.05) is 55.5 Å². The van der Waals surface area contributed by atoms with Crippen LogP contribution in [0, 0.1) is 0 Å².